The van der Waals surface area contributed by atoms with Crippen molar-refractivity contribution in [3.05, 3.63) is 37.1 Å². The largest absolute Gasteiger partial charge is 0.345 e. The highest BCUT2D eigenvalue weighted by atomic mass is 79.9. The molecule has 1 amide bonds. The van der Waals surface area contributed by atoms with Crippen LogP contribution in [0.3, 0.4) is 0 Å². The van der Waals surface area contributed by atoms with Gasteiger partial charge in [0.05, 0.1) is 4.92 Å². The summed E-state index contributed by atoms with van der Waals surface area (Å²) in [7, 11) is 0. The van der Waals surface area contributed by atoms with Gasteiger partial charge in [-0.25, -0.2) is 4.98 Å². The van der Waals surface area contributed by atoms with Gasteiger partial charge >= 0.3 is 5.00 Å². The molecule has 0 radical (unpaired) electrons. The lowest BCUT2D eigenvalue weighted by atomic mass is 10.4. The molecule has 6 nitrogen and oxygen atoms in total. The summed E-state index contributed by atoms with van der Waals surface area (Å²) in [5, 5.41) is 14.8. The molecule has 0 bridgehead atoms. The van der Waals surface area contributed by atoms with E-state index in [0.717, 1.165) is 17.5 Å². The van der Waals surface area contributed by atoms with Gasteiger partial charge in [-0.3, -0.25) is 20.2 Å². The molecule has 0 atom stereocenters. The van der Waals surface area contributed by atoms with Crippen LogP contribution < -0.4 is 5.32 Å². The molecular weight excluding hydrogens is 330 g/mol. The molecule has 2 aromatic rings. The van der Waals surface area contributed by atoms with Crippen LogP contribution in [0.4, 0.5) is 10.1 Å². The molecule has 2 rings (SSSR count). The quantitative estimate of drug-likeness (QED) is 0.690. The topological polar surface area (TPSA) is 85.1 Å². The summed E-state index contributed by atoms with van der Waals surface area (Å²) in [4.78, 5) is 25.9. The van der Waals surface area contributed by atoms with E-state index in [1.165, 1.54) is 11.3 Å². The number of nitrogens with one attached hydrogen (secondary N) is 1. The van der Waals surface area contributed by atoms with Gasteiger partial charge in [-0.05, 0) is 38.7 Å². The van der Waals surface area contributed by atoms with Crippen molar-refractivity contribution in [2.45, 2.75) is 0 Å². The number of carbonyl (C=O) groups excluding carboxylic acids is 1. The van der Waals surface area contributed by atoms with Crippen LogP contribution in [0.2, 0.25) is 0 Å². The average molecular weight is 334 g/mol. The zero-order valence-corrected chi connectivity index (χ0v) is 11.3. The highest BCUT2D eigenvalue weighted by molar-refractivity contribution is 9.10. The second-order valence-electron chi connectivity index (χ2n) is 2.81. The highest BCUT2D eigenvalue weighted by Gasteiger charge is 2.16. The number of nitrogens with zero attached hydrogens (tertiary/aromatic N) is 2. The SMILES string of the molecule is O=C(Nc1ncc([N+](=O)[O-])s1)c1sccc1Br. The fourth-order valence-corrected chi connectivity index (χ4v) is 3.09. The van der Waals surface area contributed by atoms with Crippen LogP contribution >= 0.6 is 38.6 Å². The molecule has 88 valence electrons. The van der Waals surface area contributed by atoms with E-state index in [1.54, 1.807) is 11.4 Å². The normalized spacial score (nSPS) is 10.2. The first-order valence-corrected chi connectivity index (χ1v) is 6.71. The molecule has 1 N–H and O–H groups in total. The summed E-state index contributed by atoms with van der Waals surface area (Å²) in [6, 6.07) is 1.75. The predicted molar refractivity (Wildman–Crippen MR) is 68.7 cm³/mol. The molecule has 2 aromatic heterocycles. The average Bonchev–Trinajstić information content (AvgIpc) is 2.86. The summed E-state index contributed by atoms with van der Waals surface area (Å²) in [5.41, 5.74) is 0. The number of aromatic nitrogens is 1. The van der Waals surface area contributed by atoms with Crippen molar-refractivity contribution < 1.29 is 9.72 Å². The number of carbonyl (C=O) groups is 1. The molecule has 0 spiro atoms. The molecule has 9 heteroatoms. The van der Waals surface area contributed by atoms with Crippen molar-refractivity contribution in [2.24, 2.45) is 0 Å². The Morgan fingerprint density at radius 2 is 2.35 bits per heavy atom. The number of hydrogen-bond donors (Lipinski definition) is 1. The number of anilines is 1. The number of amides is 1. The highest BCUT2D eigenvalue weighted by Crippen LogP contribution is 2.27. The third-order valence-corrected chi connectivity index (χ3v) is 4.42. The molecule has 0 saturated carbocycles. The number of hydrogen-bond acceptors (Lipinski definition) is 6. The minimum absolute atomic E-state index is 0.106. The molecule has 0 fully saturated rings. The summed E-state index contributed by atoms with van der Waals surface area (Å²) in [6.07, 6.45) is 1.11. The van der Waals surface area contributed by atoms with Gasteiger partial charge < -0.3 is 0 Å². The van der Waals surface area contributed by atoms with Crippen LogP contribution in [0.5, 0.6) is 0 Å². The third kappa shape index (κ3) is 2.68. The minimum Gasteiger partial charge on any atom is -0.297 e. The number of rotatable bonds is 3. The molecule has 17 heavy (non-hydrogen) atoms. The smallest absolute Gasteiger partial charge is 0.297 e. The van der Waals surface area contributed by atoms with E-state index in [1.807, 2.05) is 0 Å². The van der Waals surface area contributed by atoms with Crippen LogP contribution in [-0.4, -0.2) is 15.8 Å². The minimum atomic E-state index is -0.547. The Labute approximate surface area is 112 Å². The molecule has 2 heterocycles. The molecular formula is C8H4BrN3O3S2. The maximum atomic E-state index is 11.7. The third-order valence-electron chi connectivity index (χ3n) is 1.72. The van der Waals surface area contributed by atoms with E-state index in [9.17, 15) is 14.9 Å². The van der Waals surface area contributed by atoms with Crippen molar-refractivity contribution in [3.63, 3.8) is 0 Å². The van der Waals surface area contributed by atoms with Crippen LogP contribution in [0.1, 0.15) is 9.67 Å². The number of thiophene rings is 1. The molecule has 0 saturated heterocycles. The number of halogens is 1. The van der Waals surface area contributed by atoms with Gasteiger partial charge in [-0.1, -0.05) is 0 Å². The second kappa shape index (κ2) is 4.90. The van der Waals surface area contributed by atoms with Gasteiger partial charge in [0.1, 0.15) is 11.1 Å². The second-order valence-corrected chi connectivity index (χ2v) is 5.59. The Morgan fingerprint density at radius 3 is 2.88 bits per heavy atom. The van der Waals surface area contributed by atoms with Gasteiger partial charge in [0.2, 0.25) is 0 Å². The van der Waals surface area contributed by atoms with Crippen molar-refractivity contribution in [1.82, 2.24) is 4.98 Å². The summed E-state index contributed by atoms with van der Waals surface area (Å²) < 4.78 is 0.686. The lowest BCUT2D eigenvalue weighted by Crippen LogP contribution is -2.10. The fraction of sp³-hybridized carbons (Fsp3) is 0. The van der Waals surface area contributed by atoms with E-state index >= 15 is 0 Å². The van der Waals surface area contributed by atoms with Gasteiger partial charge in [-0.2, -0.15) is 0 Å². The van der Waals surface area contributed by atoms with E-state index in [4.69, 9.17) is 0 Å². The maximum Gasteiger partial charge on any atom is 0.345 e. The van der Waals surface area contributed by atoms with Crippen LogP contribution in [0.25, 0.3) is 0 Å². The lowest BCUT2D eigenvalue weighted by Gasteiger charge is -1.98. The summed E-state index contributed by atoms with van der Waals surface area (Å²) in [5.74, 6) is -0.337. The van der Waals surface area contributed by atoms with E-state index in [0.29, 0.717) is 9.35 Å². The van der Waals surface area contributed by atoms with E-state index in [-0.39, 0.29) is 16.0 Å². The molecule has 0 unspecified atom stereocenters. The standard InChI is InChI=1S/C8H4BrN3O3S2/c9-4-1-2-16-6(4)7(13)11-8-10-3-5(17-8)12(14)15/h1-3H,(H,10,11,13). The Morgan fingerprint density at radius 1 is 1.59 bits per heavy atom. The van der Waals surface area contributed by atoms with Crippen LogP contribution in [0, 0.1) is 10.1 Å². The Bertz CT molecular complexity index is 580. The first-order valence-electron chi connectivity index (χ1n) is 4.22. The van der Waals surface area contributed by atoms with Gasteiger partial charge in [0, 0.05) is 4.47 Å². The van der Waals surface area contributed by atoms with Crippen molar-refractivity contribution in [1.29, 1.82) is 0 Å². The first kappa shape index (κ1) is 12.1. The van der Waals surface area contributed by atoms with E-state index in [2.05, 4.69) is 26.2 Å². The van der Waals surface area contributed by atoms with Crippen molar-refractivity contribution >= 4 is 54.6 Å². The predicted octanol–water partition coefficient (Wildman–Crippen LogP) is 3.13. The molecule has 0 aliphatic rings. The number of nitro groups is 1. The maximum absolute atomic E-state index is 11.7. The first-order chi connectivity index (χ1) is 8.08. The molecule has 0 aliphatic carbocycles. The summed E-state index contributed by atoms with van der Waals surface area (Å²) in [6.45, 7) is 0. The van der Waals surface area contributed by atoms with Gasteiger partial charge in [0.25, 0.3) is 5.91 Å². The molecule has 0 aliphatic heterocycles. The monoisotopic (exact) mass is 333 g/mol. The molecule has 0 aromatic carbocycles. The number of thiazole rings is 1. The van der Waals surface area contributed by atoms with Crippen LogP contribution in [0.15, 0.2) is 22.1 Å². The zero-order chi connectivity index (χ0) is 12.4. The fourth-order valence-electron chi connectivity index (χ4n) is 1.02. The van der Waals surface area contributed by atoms with Gasteiger partial charge in [0.15, 0.2) is 5.13 Å². The zero-order valence-electron chi connectivity index (χ0n) is 8.05. The summed E-state index contributed by atoms with van der Waals surface area (Å²) >= 11 is 5.33. The Balaban J connectivity index is 2.13. The Hall–Kier alpha value is -1.32. The lowest BCUT2D eigenvalue weighted by molar-refractivity contribution is -0.380. The Kier molecular flexibility index (Phi) is 3.50. The van der Waals surface area contributed by atoms with Crippen molar-refractivity contribution in [2.75, 3.05) is 5.32 Å². The van der Waals surface area contributed by atoms with E-state index < -0.39 is 4.92 Å². The van der Waals surface area contributed by atoms with Gasteiger partial charge in [-0.15, -0.1) is 11.3 Å². The van der Waals surface area contributed by atoms with Crippen molar-refractivity contribution in [3.8, 4) is 0 Å². The van der Waals surface area contributed by atoms with Crippen LogP contribution in [-0.2, 0) is 0 Å².